The first kappa shape index (κ1) is 56.6. The summed E-state index contributed by atoms with van der Waals surface area (Å²) in [5.41, 5.74) is 9.62. The Labute approximate surface area is 382 Å². The molecule has 0 aromatic carbocycles. The Morgan fingerprint density at radius 2 is 1.11 bits per heavy atom. The molecule has 15 heteroatoms. The van der Waals surface area contributed by atoms with Gasteiger partial charge in [-0.3, -0.25) is 14.7 Å². The molecule has 4 aromatic rings. The van der Waals surface area contributed by atoms with E-state index in [1.807, 2.05) is 60.1 Å². The number of aliphatic imine (C=N–C) groups is 1. The lowest BCUT2D eigenvalue weighted by Gasteiger charge is -2.39. The van der Waals surface area contributed by atoms with E-state index in [0.29, 0.717) is 36.0 Å². The Hall–Kier alpha value is -4.40. The van der Waals surface area contributed by atoms with Crippen LogP contribution in [0.15, 0.2) is 30.4 Å². The number of amidine groups is 1. The maximum Gasteiger partial charge on any atom is 0.197 e. The predicted molar refractivity (Wildman–Crippen MR) is 259 cm³/mol. The Bertz CT molecular complexity index is 1860. The predicted octanol–water partition coefficient (Wildman–Crippen LogP) is 12.4. The van der Waals surface area contributed by atoms with E-state index < -0.39 is 0 Å². The molecule has 15 nitrogen and oxygen atoms in total. The van der Waals surface area contributed by atoms with Crippen molar-refractivity contribution in [1.82, 2.24) is 50.2 Å². The third-order valence-electron chi connectivity index (χ3n) is 10.8. The molecule has 0 unspecified atom stereocenters. The highest BCUT2D eigenvalue weighted by molar-refractivity contribution is 5.81. The maximum atomic E-state index is 5.36. The van der Waals surface area contributed by atoms with Gasteiger partial charge in [-0.15, -0.1) is 0 Å². The summed E-state index contributed by atoms with van der Waals surface area (Å²) in [6.45, 7) is 55.9. The van der Waals surface area contributed by atoms with Crippen molar-refractivity contribution in [3.63, 3.8) is 0 Å². The zero-order valence-corrected chi connectivity index (χ0v) is 44.7. The minimum atomic E-state index is -0.117. The zero-order chi connectivity index (χ0) is 49.1. The van der Waals surface area contributed by atoms with Gasteiger partial charge in [0.05, 0.1) is 40.1 Å². The van der Waals surface area contributed by atoms with Gasteiger partial charge in [0, 0.05) is 43.1 Å². The topological polar surface area (TPSA) is 156 Å². The first-order chi connectivity index (χ1) is 28.6. The molecule has 0 radical (unpaired) electrons. The van der Waals surface area contributed by atoms with Gasteiger partial charge in [-0.1, -0.05) is 32.9 Å². The summed E-state index contributed by atoms with van der Waals surface area (Å²) < 4.78 is 12.7. The van der Waals surface area contributed by atoms with Gasteiger partial charge in [0.2, 0.25) is 0 Å². The molecule has 0 saturated heterocycles. The van der Waals surface area contributed by atoms with Crippen LogP contribution < -0.4 is 5.43 Å². The summed E-state index contributed by atoms with van der Waals surface area (Å²) in [6, 6.07) is 1.74. The zero-order valence-electron chi connectivity index (χ0n) is 44.7. The third-order valence-corrected chi connectivity index (χ3v) is 10.8. The highest BCUT2D eigenvalue weighted by Gasteiger charge is 2.47. The normalized spacial score (nSPS) is 15.7. The number of hydrogen-bond acceptors (Lipinski definition) is 13. The van der Waals surface area contributed by atoms with E-state index in [4.69, 9.17) is 8.83 Å². The minimum absolute atomic E-state index is 0.0289. The molecule has 0 saturated carbocycles. The Morgan fingerprint density at radius 3 is 1.30 bits per heavy atom. The molecule has 0 spiro atoms. The molecule has 63 heavy (non-hydrogen) atoms. The Morgan fingerprint density at radius 1 is 0.571 bits per heavy atom. The lowest BCUT2D eigenvalue weighted by molar-refractivity contribution is 0.0780. The minimum Gasteiger partial charge on any atom is -0.445 e. The van der Waals surface area contributed by atoms with E-state index in [1.165, 1.54) is 5.56 Å². The van der Waals surface area contributed by atoms with Gasteiger partial charge >= 0.3 is 0 Å². The maximum absolute atomic E-state index is 5.36. The van der Waals surface area contributed by atoms with E-state index in [2.05, 4.69) is 194 Å². The lowest BCUT2D eigenvalue weighted by Crippen LogP contribution is -2.52. The van der Waals surface area contributed by atoms with Crippen molar-refractivity contribution in [3.05, 3.63) is 63.5 Å². The molecule has 0 aliphatic carbocycles. The van der Waals surface area contributed by atoms with Crippen molar-refractivity contribution < 1.29 is 8.83 Å². The smallest absolute Gasteiger partial charge is 0.197 e. The molecule has 1 N–H and O–H groups in total. The van der Waals surface area contributed by atoms with E-state index in [9.17, 15) is 0 Å². The van der Waals surface area contributed by atoms with E-state index >= 15 is 0 Å². The van der Waals surface area contributed by atoms with Gasteiger partial charge < -0.3 is 8.83 Å². The van der Waals surface area contributed by atoms with Crippen molar-refractivity contribution >= 4 is 5.84 Å². The molecule has 358 valence electrons. The van der Waals surface area contributed by atoms with Crippen LogP contribution in [0.5, 0.6) is 0 Å². The standard InChI is InChI=1S/C9H19N3.C8H17N3.C8H14N2.2C8H13NO.C7H13N3/c1-7(2)12-9(5,6)8(3,4)10-11-12;1-6(2)11-7(3)9-8(4,5)10-11;1-6(2)10-5-7(3)8(4)9-10;1-5(2)8-6(3)9-7(4)10-8;1-5(2)8-9-6(3)7(4)10-8;1-5(2)10-8-6(3)7(4)9-10/h7H,1-6H3;6,10H,1-5H3;5-6H,1-4H3;3*5H,1-4H3. The lowest BCUT2D eigenvalue weighted by atomic mass is 9.83. The van der Waals surface area contributed by atoms with Gasteiger partial charge in [0.1, 0.15) is 28.6 Å². The van der Waals surface area contributed by atoms with Crippen LogP contribution in [0.3, 0.4) is 0 Å². The fourth-order valence-corrected chi connectivity index (χ4v) is 6.15. The Balaban J connectivity index is 0.000000378. The van der Waals surface area contributed by atoms with Crippen molar-refractivity contribution in [2.75, 3.05) is 0 Å². The largest absolute Gasteiger partial charge is 0.445 e. The van der Waals surface area contributed by atoms with Crippen LogP contribution in [0.4, 0.5) is 0 Å². The summed E-state index contributed by atoms with van der Waals surface area (Å²) in [5, 5.41) is 25.4. The van der Waals surface area contributed by atoms with Crippen LogP contribution in [-0.2, 0) is 0 Å². The third kappa shape index (κ3) is 16.9. The van der Waals surface area contributed by atoms with E-state index in [0.717, 1.165) is 57.6 Å². The number of hydrogen-bond donors (Lipinski definition) is 1. The number of rotatable bonds is 6. The van der Waals surface area contributed by atoms with Crippen molar-refractivity contribution in [2.45, 2.75) is 240 Å². The fraction of sp³-hybridized carbons (Fsp3) is 0.750. The van der Waals surface area contributed by atoms with Gasteiger partial charge in [0.25, 0.3) is 0 Å². The molecule has 6 rings (SSSR count). The quantitative estimate of drug-likeness (QED) is 0.198. The number of nitrogens with zero attached hydrogens (tertiary/aromatic N) is 12. The van der Waals surface area contributed by atoms with Crippen LogP contribution in [0.2, 0.25) is 0 Å². The molecular formula is C48H89N13O2. The SMILES string of the molecule is CC(C)N1N=NC(C)(C)C1(C)C.CC1=NC(C)(C)NN1C(C)C.Cc1cn(C(C)C)nc1C.Cc1nc(C(C)C)oc1C.Cc1nc(C)c(C(C)C)o1.Cc1nn(C(C)C)nc1C. The molecular weight excluding hydrogens is 791 g/mol. The first-order valence-electron chi connectivity index (χ1n) is 22.8. The highest BCUT2D eigenvalue weighted by atomic mass is 16.4. The van der Waals surface area contributed by atoms with Crippen LogP contribution in [0, 0.1) is 55.4 Å². The average molecular weight is 880 g/mol. The number of nitrogens with one attached hydrogen (secondary N) is 1. The summed E-state index contributed by atoms with van der Waals surface area (Å²) in [4.78, 5) is 14.6. The Kier molecular flexibility index (Phi) is 21.1. The van der Waals surface area contributed by atoms with E-state index in [-0.39, 0.29) is 16.7 Å². The molecule has 4 aromatic heterocycles. The summed E-state index contributed by atoms with van der Waals surface area (Å²) in [5.74, 6) is 5.47. The molecule has 0 bridgehead atoms. The molecule has 2 aliphatic heterocycles. The molecule has 2 aliphatic rings. The number of aryl methyl sites for hydroxylation is 8. The highest BCUT2D eigenvalue weighted by Crippen LogP contribution is 2.38. The summed E-state index contributed by atoms with van der Waals surface area (Å²) in [7, 11) is 0. The molecule has 0 amide bonds. The second-order valence-electron chi connectivity index (χ2n) is 20.0. The van der Waals surface area contributed by atoms with Crippen LogP contribution in [0.1, 0.15) is 213 Å². The van der Waals surface area contributed by atoms with Crippen LogP contribution >= 0.6 is 0 Å². The van der Waals surface area contributed by atoms with Gasteiger partial charge in [-0.2, -0.15) is 25.2 Å². The summed E-state index contributed by atoms with van der Waals surface area (Å²) >= 11 is 0. The first-order valence-corrected chi connectivity index (χ1v) is 22.8. The van der Waals surface area contributed by atoms with Gasteiger partial charge in [0.15, 0.2) is 11.8 Å². The number of oxazole rings is 2. The van der Waals surface area contributed by atoms with Crippen molar-refractivity contribution in [2.24, 2.45) is 15.3 Å². The second kappa shape index (κ2) is 23.5. The molecule has 6 heterocycles. The number of hydrazine groups is 1. The van der Waals surface area contributed by atoms with E-state index in [1.54, 1.807) is 4.80 Å². The summed E-state index contributed by atoms with van der Waals surface area (Å²) in [6.07, 6.45) is 2.08. The molecule has 0 atom stereocenters. The van der Waals surface area contributed by atoms with Crippen molar-refractivity contribution in [1.29, 1.82) is 0 Å². The number of aromatic nitrogens is 7. The average Bonchev–Trinajstić information content (AvgIpc) is 3.96. The van der Waals surface area contributed by atoms with Gasteiger partial charge in [-0.25, -0.2) is 20.4 Å². The monoisotopic (exact) mass is 880 g/mol. The fourth-order valence-electron chi connectivity index (χ4n) is 6.15. The molecule has 0 fully saturated rings. The second-order valence-corrected chi connectivity index (χ2v) is 20.0. The van der Waals surface area contributed by atoms with Crippen LogP contribution in [0.25, 0.3) is 0 Å². The van der Waals surface area contributed by atoms with Crippen molar-refractivity contribution in [3.8, 4) is 0 Å². The van der Waals surface area contributed by atoms with Gasteiger partial charge in [-0.05, 0) is 158 Å². The van der Waals surface area contributed by atoms with Crippen LogP contribution in [-0.4, -0.2) is 79.4 Å².